The van der Waals surface area contributed by atoms with E-state index in [0.717, 1.165) is 70.6 Å². The van der Waals surface area contributed by atoms with Crippen LogP contribution in [0.5, 0.6) is 0 Å². The topological polar surface area (TPSA) is 149 Å². The van der Waals surface area contributed by atoms with Crippen LogP contribution in [0.2, 0.25) is 0 Å². The molecule has 1 amide bonds. The highest BCUT2D eigenvalue weighted by Gasteiger charge is 2.44. The van der Waals surface area contributed by atoms with Crippen molar-refractivity contribution in [2.45, 2.75) is 429 Å². The Balaban J connectivity index is 2.04. The minimum absolute atomic E-state index is 0.134. The minimum Gasteiger partial charge on any atom is -0.394 e. The molecule has 0 aromatic heterocycles. The van der Waals surface area contributed by atoms with E-state index in [2.05, 4.69) is 79.9 Å². The Morgan fingerprint density at radius 3 is 1.03 bits per heavy atom. The number of nitrogens with one attached hydrogen (secondary N) is 1. The molecule has 7 atom stereocenters. The van der Waals surface area contributed by atoms with Crippen LogP contribution in [-0.2, 0) is 14.3 Å². The molecule has 0 aromatic carbocycles. The predicted octanol–water partition coefficient (Wildman–Crippen LogP) is 22.1. The van der Waals surface area contributed by atoms with Gasteiger partial charge in [0.1, 0.15) is 24.4 Å². The molecule has 522 valence electrons. The molecule has 7 unspecified atom stereocenters. The first-order valence-corrected chi connectivity index (χ1v) is 39.0. The standard InChI is InChI=1S/C80H149NO8/c1-3-5-7-9-11-13-15-17-19-21-23-25-27-29-31-32-33-34-35-36-37-38-39-40-41-42-44-46-48-50-52-54-56-58-60-62-64-66-68-70-76(84)81-73(72-88-80-79(87)78(86)77(85)75(71-82)89-80)74(83)69-67-65-63-61-59-57-55-53-51-49-47-45-43-30-28-26-24-22-20-18-16-14-12-10-8-6-4-2/h5,7,11,13,17,19,23,25,29,31,73-75,77-80,82-83,85-87H,3-4,6,8-10,12,14-16,18,20-22,24,26-28,30,32-72H2,1-2H3,(H,81,84)/b7-5-,13-11-,19-17-,25-23-,31-29-. The minimum atomic E-state index is -1.55. The van der Waals surface area contributed by atoms with Crippen LogP contribution in [0.1, 0.15) is 386 Å². The van der Waals surface area contributed by atoms with Gasteiger partial charge in [-0.25, -0.2) is 0 Å². The predicted molar refractivity (Wildman–Crippen MR) is 382 cm³/mol. The lowest BCUT2D eigenvalue weighted by atomic mass is 9.99. The van der Waals surface area contributed by atoms with E-state index in [0.29, 0.717) is 12.8 Å². The Kier molecular flexibility index (Phi) is 65.6. The van der Waals surface area contributed by atoms with Gasteiger partial charge in [0.15, 0.2) is 6.29 Å². The summed E-state index contributed by atoms with van der Waals surface area (Å²) in [6.07, 6.45) is 88.9. The van der Waals surface area contributed by atoms with Gasteiger partial charge in [0, 0.05) is 6.42 Å². The van der Waals surface area contributed by atoms with Crippen molar-refractivity contribution < 1.29 is 39.8 Å². The maximum Gasteiger partial charge on any atom is 0.220 e. The van der Waals surface area contributed by atoms with Gasteiger partial charge in [0.25, 0.3) is 0 Å². The molecule has 9 nitrogen and oxygen atoms in total. The van der Waals surface area contributed by atoms with E-state index < -0.39 is 49.5 Å². The number of ether oxygens (including phenoxy) is 2. The van der Waals surface area contributed by atoms with Crippen LogP contribution in [0, 0.1) is 0 Å². The SMILES string of the molecule is CC/C=C\C/C=C\C/C=C\C/C=C\C/C=C\CCCCCCCCCCCCCCCCCCCCCCCCCC(=O)NC(COC1OC(CO)C(O)C(O)C1O)C(O)CCCCCCCCCCCCCCCCCCCCCCCCCCCCC. The van der Waals surface area contributed by atoms with Crippen molar-refractivity contribution in [3.05, 3.63) is 60.8 Å². The van der Waals surface area contributed by atoms with Crippen LogP contribution in [-0.4, -0.2) is 87.5 Å². The average Bonchev–Trinajstić information content (AvgIpc) is 2.42. The van der Waals surface area contributed by atoms with Gasteiger partial charge in [-0.1, -0.05) is 383 Å². The van der Waals surface area contributed by atoms with Gasteiger partial charge in [-0.15, -0.1) is 0 Å². The zero-order valence-electron chi connectivity index (χ0n) is 58.7. The van der Waals surface area contributed by atoms with Crippen LogP contribution in [0.3, 0.4) is 0 Å². The number of aliphatic hydroxyl groups is 5. The normalized spacial score (nSPS) is 18.1. The molecule has 1 fully saturated rings. The van der Waals surface area contributed by atoms with Crippen molar-refractivity contribution in [1.82, 2.24) is 5.32 Å². The van der Waals surface area contributed by atoms with Crippen molar-refractivity contribution in [2.75, 3.05) is 13.2 Å². The Hall–Kier alpha value is -2.11. The molecule has 0 radical (unpaired) electrons. The quantitative estimate of drug-likeness (QED) is 0.0261. The number of hydrogen-bond donors (Lipinski definition) is 6. The maximum atomic E-state index is 13.2. The summed E-state index contributed by atoms with van der Waals surface area (Å²) < 4.78 is 11.4. The highest BCUT2D eigenvalue weighted by atomic mass is 16.7. The summed E-state index contributed by atoms with van der Waals surface area (Å²) in [6.45, 7) is 3.78. The summed E-state index contributed by atoms with van der Waals surface area (Å²) in [6, 6.07) is -0.720. The van der Waals surface area contributed by atoms with Gasteiger partial charge in [0.2, 0.25) is 5.91 Å². The molecule has 1 saturated heterocycles. The van der Waals surface area contributed by atoms with E-state index in [1.54, 1.807) is 0 Å². The molecule has 0 saturated carbocycles. The van der Waals surface area contributed by atoms with Gasteiger partial charge in [0.05, 0.1) is 25.4 Å². The monoisotopic (exact) mass is 1250 g/mol. The Labute approximate surface area is 551 Å². The molecule has 1 aliphatic heterocycles. The Morgan fingerprint density at radius 1 is 0.393 bits per heavy atom. The molecule has 1 aliphatic rings. The maximum absolute atomic E-state index is 13.2. The number of aliphatic hydroxyl groups excluding tert-OH is 5. The molecule has 89 heavy (non-hydrogen) atoms. The smallest absolute Gasteiger partial charge is 0.220 e. The van der Waals surface area contributed by atoms with Crippen LogP contribution < -0.4 is 5.32 Å². The van der Waals surface area contributed by atoms with Gasteiger partial charge < -0.3 is 40.3 Å². The third-order valence-electron chi connectivity index (χ3n) is 18.6. The molecule has 1 rings (SSSR count). The highest BCUT2D eigenvalue weighted by molar-refractivity contribution is 5.76. The Morgan fingerprint density at radius 2 is 0.697 bits per heavy atom. The van der Waals surface area contributed by atoms with Crippen LogP contribution in [0.15, 0.2) is 60.8 Å². The van der Waals surface area contributed by atoms with Crippen LogP contribution >= 0.6 is 0 Å². The summed E-state index contributed by atoms with van der Waals surface area (Å²) in [5.41, 5.74) is 0. The number of rotatable bonds is 69. The average molecular weight is 1250 g/mol. The molecule has 0 aliphatic carbocycles. The van der Waals surface area contributed by atoms with Crippen molar-refractivity contribution in [3.8, 4) is 0 Å². The lowest BCUT2D eigenvalue weighted by Gasteiger charge is -2.40. The largest absolute Gasteiger partial charge is 0.394 e. The molecule has 0 spiro atoms. The first kappa shape index (κ1) is 84.9. The van der Waals surface area contributed by atoms with E-state index in [-0.39, 0.29) is 12.5 Å². The second-order valence-corrected chi connectivity index (χ2v) is 27.1. The first-order chi connectivity index (χ1) is 43.8. The first-order valence-electron chi connectivity index (χ1n) is 39.0. The van der Waals surface area contributed by atoms with E-state index in [9.17, 15) is 30.3 Å². The van der Waals surface area contributed by atoms with Gasteiger partial charge in [-0.05, 0) is 57.8 Å². The fourth-order valence-electron chi connectivity index (χ4n) is 12.6. The number of carbonyl (C=O) groups excluding carboxylic acids is 1. The van der Waals surface area contributed by atoms with E-state index >= 15 is 0 Å². The zero-order valence-corrected chi connectivity index (χ0v) is 58.7. The molecule has 9 heteroatoms. The van der Waals surface area contributed by atoms with Crippen molar-refractivity contribution in [3.63, 3.8) is 0 Å². The fourth-order valence-corrected chi connectivity index (χ4v) is 12.6. The number of carbonyl (C=O) groups is 1. The number of hydrogen-bond acceptors (Lipinski definition) is 8. The fraction of sp³-hybridized carbons (Fsp3) is 0.863. The van der Waals surface area contributed by atoms with Gasteiger partial charge >= 0.3 is 0 Å². The van der Waals surface area contributed by atoms with Crippen molar-refractivity contribution >= 4 is 5.91 Å². The van der Waals surface area contributed by atoms with Gasteiger partial charge in [-0.2, -0.15) is 0 Å². The molecule has 0 aromatic rings. The second kappa shape index (κ2) is 68.7. The molecule has 6 N–H and O–H groups in total. The third-order valence-corrected chi connectivity index (χ3v) is 18.6. The van der Waals surface area contributed by atoms with Crippen molar-refractivity contribution in [2.24, 2.45) is 0 Å². The van der Waals surface area contributed by atoms with E-state index in [4.69, 9.17) is 9.47 Å². The van der Waals surface area contributed by atoms with Crippen LogP contribution in [0.25, 0.3) is 0 Å². The third kappa shape index (κ3) is 57.1. The van der Waals surface area contributed by atoms with Gasteiger partial charge in [-0.3, -0.25) is 4.79 Å². The Bertz CT molecular complexity index is 1600. The van der Waals surface area contributed by atoms with Crippen molar-refractivity contribution in [1.29, 1.82) is 0 Å². The molecular weight excluding hydrogens is 1100 g/mol. The number of allylic oxidation sites excluding steroid dienone is 10. The molecule has 0 bridgehead atoms. The highest BCUT2D eigenvalue weighted by Crippen LogP contribution is 2.24. The van der Waals surface area contributed by atoms with E-state index in [1.807, 2.05) is 0 Å². The lowest BCUT2D eigenvalue weighted by Crippen LogP contribution is -2.60. The lowest BCUT2D eigenvalue weighted by molar-refractivity contribution is -0.302. The summed E-state index contributed by atoms with van der Waals surface area (Å²) in [4.78, 5) is 13.2. The summed E-state index contributed by atoms with van der Waals surface area (Å²) >= 11 is 0. The number of amides is 1. The van der Waals surface area contributed by atoms with E-state index in [1.165, 1.54) is 289 Å². The molecular formula is C80H149NO8. The van der Waals surface area contributed by atoms with Crippen LogP contribution in [0.4, 0.5) is 0 Å². The molecule has 1 heterocycles. The summed E-state index contributed by atoms with van der Waals surface area (Å²) in [5, 5.41) is 55.1. The zero-order chi connectivity index (χ0) is 64.2. The number of unbranched alkanes of at least 4 members (excludes halogenated alkanes) is 49. The second-order valence-electron chi connectivity index (χ2n) is 27.1. The summed E-state index contributed by atoms with van der Waals surface area (Å²) in [7, 11) is 0. The summed E-state index contributed by atoms with van der Waals surface area (Å²) in [5.74, 6) is -0.136.